The molecule has 2 aromatic carbocycles. The molecule has 0 bridgehead atoms. The molecule has 0 spiro atoms. The summed E-state index contributed by atoms with van der Waals surface area (Å²) in [5.41, 5.74) is 4.33. The molecule has 0 atom stereocenters. The Balaban J connectivity index is 1.70. The molecular formula is C20H17N3O2. The highest BCUT2D eigenvalue weighted by Crippen LogP contribution is 2.20. The third kappa shape index (κ3) is 3.93. The van der Waals surface area contributed by atoms with E-state index in [0.29, 0.717) is 24.3 Å². The van der Waals surface area contributed by atoms with Gasteiger partial charge in [-0.15, -0.1) is 0 Å². The minimum Gasteiger partial charge on any atom is -0.462 e. The lowest BCUT2D eigenvalue weighted by molar-refractivity contribution is 0.0526. The zero-order chi connectivity index (χ0) is 17.6. The maximum Gasteiger partial charge on any atom is 0.341 e. The average Bonchev–Trinajstić information content (AvgIpc) is 3.11. The quantitative estimate of drug-likeness (QED) is 0.669. The van der Waals surface area contributed by atoms with Gasteiger partial charge in [0.05, 0.1) is 36.5 Å². The third-order valence-electron chi connectivity index (χ3n) is 3.79. The van der Waals surface area contributed by atoms with Gasteiger partial charge in [-0.05, 0) is 35.7 Å². The van der Waals surface area contributed by atoms with Crippen molar-refractivity contribution in [1.29, 1.82) is 5.26 Å². The Bertz CT molecular complexity index is 903. The standard InChI is InChI=1S/C20H17N3O2/c1-2-25-20(24)19-12-22-23(14-19)13-16-5-9-18(10-6-16)17-7-3-15(11-21)4-8-17/h3-10,12,14H,2,13H2,1H3. The fraction of sp³-hybridized carbons (Fsp3) is 0.150. The van der Waals surface area contributed by atoms with Crippen LogP contribution in [-0.2, 0) is 11.3 Å². The van der Waals surface area contributed by atoms with Crippen LogP contribution >= 0.6 is 0 Å². The van der Waals surface area contributed by atoms with E-state index in [1.165, 1.54) is 6.20 Å². The van der Waals surface area contributed by atoms with Gasteiger partial charge in [-0.1, -0.05) is 36.4 Å². The minimum atomic E-state index is -0.357. The Morgan fingerprint density at radius 2 is 1.76 bits per heavy atom. The Kier molecular flexibility index (Phi) is 4.91. The monoisotopic (exact) mass is 331 g/mol. The van der Waals surface area contributed by atoms with Gasteiger partial charge in [0.2, 0.25) is 0 Å². The number of hydrogen-bond acceptors (Lipinski definition) is 4. The number of nitriles is 1. The molecule has 0 fully saturated rings. The van der Waals surface area contributed by atoms with Crippen molar-refractivity contribution in [3.05, 3.63) is 77.6 Å². The van der Waals surface area contributed by atoms with E-state index in [9.17, 15) is 4.79 Å². The van der Waals surface area contributed by atoms with E-state index < -0.39 is 0 Å². The van der Waals surface area contributed by atoms with Crippen LogP contribution in [0.1, 0.15) is 28.4 Å². The molecule has 1 aromatic heterocycles. The first-order chi connectivity index (χ1) is 12.2. The Hall–Kier alpha value is -3.39. The summed E-state index contributed by atoms with van der Waals surface area (Å²) in [6.45, 7) is 2.70. The molecule has 0 radical (unpaired) electrons. The topological polar surface area (TPSA) is 67.9 Å². The van der Waals surface area contributed by atoms with Gasteiger partial charge in [0.15, 0.2) is 0 Å². The normalized spacial score (nSPS) is 10.2. The molecule has 3 rings (SSSR count). The molecule has 0 saturated carbocycles. The van der Waals surface area contributed by atoms with Crippen molar-refractivity contribution in [3.63, 3.8) is 0 Å². The number of rotatable bonds is 5. The Morgan fingerprint density at radius 1 is 1.12 bits per heavy atom. The number of carbonyl (C=O) groups is 1. The summed E-state index contributed by atoms with van der Waals surface area (Å²) in [7, 11) is 0. The fourth-order valence-electron chi connectivity index (χ4n) is 2.50. The van der Waals surface area contributed by atoms with Gasteiger partial charge < -0.3 is 4.74 Å². The first-order valence-corrected chi connectivity index (χ1v) is 7.98. The van der Waals surface area contributed by atoms with E-state index in [1.54, 1.807) is 17.8 Å². The van der Waals surface area contributed by atoms with Gasteiger partial charge in [-0.25, -0.2) is 4.79 Å². The summed E-state index contributed by atoms with van der Waals surface area (Å²) < 4.78 is 6.67. The number of aromatic nitrogens is 2. The Labute approximate surface area is 146 Å². The maximum atomic E-state index is 11.7. The van der Waals surface area contributed by atoms with Crippen molar-refractivity contribution in [2.45, 2.75) is 13.5 Å². The van der Waals surface area contributed by atoms with Crippen LogP contribution in [-0.4, -0.2) is 22.4 Å². The number of ether oxygens (including phenoxy) is 1. The molecule has 1 heterocycles. The molecule has 0 aliphatic carbocycles. The highest BCUT2D eigenvalue weighted by Gasteiger charge is 2.09. The van der Waals surface area contributed by atoms with Crippen molar-refractivity contribution >= 4 is 5.97 Å². The SMILES string of the molecule is CCOC(=O)c1cnn(Cc2ccc(-c3ccc(C#N)cc3)cc2)c1. The molecule has 25 heavy (non-hydrogen) atoms. The van der Waals surface area contributed by atoms with Gasteiger partial charge >= 0.3 is 5.97 Å². The second-order valence-corrected chi connectivity index (χ2v) is 5.53. The Morgan fingerprint density at radius 3 is 2.36 bits per heavy atom. The van der Waals surface area contributed by atoms with Crippen molar-refractivity contribution in [3.8, 4) is 17.2 Å². The fourth-order valence-corrected chi connectivity index (χ4v) is 2.50. The van der Waals surface area contributed by atoms with Crippen LogP contribution < -0.4 is 0 Å². The van der Waals surface area contributed by atoms with E-state index in [1.807, 2.05) is 48.5 Å². The van der Waals surface area contributed by atoms with Gasteiger partial charge in [-0.3, -0.25) is 4.68 Å². The highest BCUT2D eigenvalue weighted by atomic mass is 16.5. The summed E-state index contributed by atoms with van der Waals surface area (Å²) in [5.74, 6) is -0.357. The first-order valence-electron chi connectivity index (χ1n) is 7.98. The molecule has 3 aromatic rings. The van der Waals surface area contributed by atoms with E-state index in [-0.39, 0.29) is 5.97 Å². The van der Waals surface area contributed by atoms with Gasteiger partial charge in [0, 0.05) is 6.20 Å². The smallest absolute Gasteiger partial charge is 0.341 e. The largest absolute Gasteiger partial charge is 0.462 e. The lowest BCUT2D eigenvalue weighted by atomic mass is 10.0. The second kappa shape index (κ2) is 7.45. The van der Waals surface area contributed by atoms with Crippen LogP contribution in [0.2, 0.25) is 0 Å². The number of carbonyl (C=O) groups excluding carboxylic acids is 1. The third-order valence-corrected chi connectivity index (χ3v) is 3.79. The van der Waals surface area contributed by atoms with Crippen molar-refractivity contribution < 1.29 is 9.53 Å². The van der Waals surface area contributed by atoms with Crippen LogP contribution in [0.4, 0.5) is 0 Å². The number of benzene rings is 2. The molecule has 5 nitrogen and oxygen atoms in total. The molecule has 0 aliphatic heterocycles. The molecule has 0 N–H and O–H groups in total. The lowest BCUT2D eigenvalue weighted by Crippen LogP contribution is -2.04. The summed E-state index contributed by atoms with van der Waals surface area (Å²) in [4.78, 5) is 11.7. The van der Waals surface area contributed by atoms with E-state index in [2.05, 4.69) is 11.2 Å². The zero-order valence-electron chi connectivity index (χ0n) is 13.8. The summed E-state index contributed by atoms with van der Waals surface area (Å²) in [6.07, 6.45) is 3.20. The van der Waals surface area contributed by atoms with E-state index >= 15 is 0 Å². The van der Waals surface area contributed by atoms with Crippen LogP contribution in [0.25, 0.3) is 11.1 Å². The molecule has 0 unspecified atom stereocenters. The molecule has 5 heteroatoms. The number of nitrogens with zero attached hydrogens (tertiary/aromatic N) is 3. The van der Waals surface area contributed by atoms with E-state index in [4.69, 9.17) is 10.00 Å². The predicted octanol–water partition coefficient (Wildman–Crippen LogP) is 3.65. The molecule has 0 amide bonds. The van der Waals surface area contributed by atoms with Crippen molar-refractivity contribution in [2.75, 3.05) is 6.61 Å². The first kappa shape index (κ1) is 16.5. The van der Waals surface area contributed by atoms with Gasteiger partial charge in [0.25, 0.3) is 0 Å². The number of hydrogen-bond donors (Lipinski definition) is 0. The molecule has 124 valence electrons. The van der Waals surface area contributed by atoms with Crippen LogP contribution in [0.3, 0.4) is 0 Å². The zero-order valence-corrected chi connectivity index (χ0v) is 13.8. The van der Waals surface area contributed by atoms with Crippen molar-refractivity contribution in [2.24, 2.45) is 0 Å². The van der Waals surface area contributed by atoms with Gasteiger partial charge in [-0.2, -0.15) is 10.4 Å². The highest BCUT2D eigenvalue weighted by molar-refractivity contribution is 5.88. The molecule has 0 aliphatic rings. The molecular weight excluding hydrogens is 314 g/mol. The van der Waals surface area contributed by atoms with Crippen LogP contribution in [0, 0.1) is 11.3 Å². The minimum absolute atomic E-state index is 0.348. The lowest BCUT2D eigenvalue weighted by Gasteiger charge is -2.05. The van der Waals surface area contributed by atoms with Gasteiger partial charge in [0.1, 0.15) is 0 Å². The summed E-state index contributed by atoms with van der Waals surface area (Å²) in [5, 5.41) is 13.1. The maximum absolute atomic E-state index is 11.7. The predicted molar refractivity (Wildman–Crippen MR) is 93.9 cm³/mol. The van der Waals surface area contributed by atoms with Crippen LogP contribution in [0.15, 0.2) is 60.9 Å². The van der Waals surface area contributed by atoms with Crippen LogP contribution in [0.5, 0.6) is 0 Å². The molecule has 0 saturated heterocycles. The van der Waals surface area contributed by atoms with Crippen molar-refractivity contribution in [1.82, 2.24) is 9.78 Å². The van der Waals surface area contributed by atoms with E-state index in [0.717, 1.165) is 16.7 Å². The summed E-state index contributed by atoms with van der Waals surface area (Å²) in [6, 6.07) is 17.7. The number of esters is 1. The summed E-state index contributed by atoms with van der Waals surface area (Å²) >= 11 is 0. The second-order valence-electron chi connectivity index (χ2n) is 5.53. The average molecular weight is 331 g/mol.